The Hall–Kier alpha value is -3.40. The molecule has 2 bridgehead atoms. The lowest BCUT2D eigenvalue weighted by molar-refractivity contribution is -0.0640. The van der Waals surface area contributed by atoms with E-state index in [1.807, 2.05) is 7.05 Å². The van der Waals surface area contributed by atoms with E-state index in [2.05, 4.69) is 25.1 Å². The first-order chi connectivity index (χ1) is 15.9. The van der Waals surface area contributed by atoms with Gasteiger partial charge in [-0.2, -0.15) is 4.98 Å². The molecule has 0 aliphatic carbocycles. The second-order valence-electron chi connectivity index (χ2n) is 8.72. The lowest BCUT2D eigenvalue weighted by Gasteiger charge is -2.48. The van der Waals surface area contributed by atoms with Crippen molar-refractivity contribution in [1.29, 1.82) is 0 Å². The standard InChI is InChI=1S/C23H25FN6O3/c1-29-12-25-22(26-23(29)32)13-6-7-15(18(31)10-13)16-8-9-20(28-27-16)33-19-11-14-4-3-5-17(21(19)24)30(14)2/h6-10,12,14,17,19,21,31H,3-5,11H2,1-2H3/t14-,17+,19-,21+/m1/s1. The molecule has 2 aromatic heterocycles. The van der Waals surface area contributed by atoms with Gasteiger partial charge in [0.05, 0.1) is 5.69 Å². The van der Waals surface area contributed by atoms with Gasteiger partial charge in [-0.25, -0.2) is 14.2 Å². The number of nitrogens with zero attached hydrogens (tertiary/aromatic N) is 6. The molecule has 1 aromatic carbocycles. The average molecular weight is 452 g/mol. The molecule has 0 saturated carbocycles. The highest BCUT2D eigenvalue weighted by Gasteiger charge is 2.45. The van der Waals surface area contributed by atoms with Crippen molar-refractivity contribution >= 4 is 0 Å². The van der Waals surface area contributed by atoms with Crippen LogP contribution < -0.4 is 10.4 Å². The Balaban J connectivity index is 1.32. The van der Waals surface area contributed by atoms with Gasteiger partial charge in [0.1, 0.15) is 18.2 Å². The summed E-state index contributed by atoms with van der Waals surface area (Å²) in [6.07, 6.45) is 3.35. The lowest BCUT2D eigenvalue weighted by Crippen LogP contribution is -2.59. The fourth-order valence-electron chi connectivity index (χ4n) is 4.76. The van der Waals surface area contributed by atoms with Crippen LogP contribution in [0.3, 0.4) is 0 Å². The zero-order valence-corrected chi connectivity index (χ0v) is 18.4. The molecular weight excluding hydrogens is 427 g/mol. The molecule has 2 saturated heterocycles. The molecule has 2 aliphatic rings. The number of ether oxygens (including phenoxy) is 1. The molecule has 10 heteroatoms. The molecule has 3 aromatic rings. The Bertz CT molecular complexity index is 1220. The summed E-state index contributed by atoms with van der Waals surface area (Å²) in [5.74, 6) is 0.434. The maximum absolute atomic E-state index is 15.0. The Morgan fingerprint density at radius 1 is 1.15 bits per heavy atom. The van der Waals surface area contributed by atoms with Crippen LogP contribution in [-0.2, 0) is 7.05 Å². The molecule has 0 unspecified atom stereocenters. The third-order valence-electron chi connectivity index (χ3n) is 6.66. The monoisotopic (exact) mass is 452 g/mol. The summed E-state index contributed by atoms with van der Waals surface area (Å²) in [5, 5.41) is 18.8. The van der Waals surface area contributed by atoms with Crippen molar-refractivity contribution in [2.24, 2.45) is 7.05 Å². The number of alkyl halides is 1. The second-order valence-corrected chi connectivity index (χ2v) is 8.72. The minimum absolute atomic E-state index is 0.0493. The summed E-state index contributed by atoms with van der Waals surface area (Å²) < 4.78 is 22.1. The topological polar surface area (TPSA) is 106 Å². The molecule has 1 N–H and O–H groups in total. The predicted octanol–water partition coefficient (Wildman–Crippen LogP) is 2.35. The molecule has 9 nitrogen and oxygen atoms in total. The van der Waals surface area contributed by atoms with E-state index in [-0.39, 0.29) is 23.5 Å². The first-order valence-electron chi connectivity index (χ1n) is 11.0. The Labute approximate surface area is 189 Å². The number of aryl methyl sites for hydroxylation is 1. The quantitative estimate of drug-likeness (QED) is 0.643. The van der Waals surface area contributed by atoms with Crippen molar-refractivity contribution in [2.75, 3.05) is 7.05 Å². The summed E-state index contributed by atoms with van der Waals surface area (Å²) in [6.45, 7) is 0. The van der Waals surface area contributed by atoms with E-state index in [0.29, 0.717) is 29.3 Å². The number of aromatic nitrogens is 5. The van der Waals surface area contributed by atoms with Crippen LogP contribution >= 0.6 is 0 Å². The number of halogens is 1. The summed E-state index contributed by atoms with van der Waals surface area (Å²) in [4.78, 5) is 21.9. The van der Waals surface area contributed by atoms with Crippen LogP contribution in [0.5, 0.6) is 11.6 Å². The van der Waals surface area contributed by atoms with Gasteiger partial charge in [-0.1, -0.05) is 12.5 Å². The fraction of sp³-hybridized carbons (Fsp3) is 0.435. The number of hydrogen-bond donors (Lipinski definition) is 1. The van der Waals surface area contributed by atoms with Gasteiger partial charge >= 0.3 is 5.69 Å². The number of benzene rings is 1. The number of phenolic OH excluding ortho intramolecular Hbond substituents is 1. The van der Waals surface area contributed by atoms with Crippen LogP contribution in [0, 0.1) is 0 Å². The summed E-state index contributed by atoms with van der Waals surface area (Å²) >= 11 is 0. The summed E-state index contributed by atoms with van der Waals surface area (Å²) in [6, 6.07) is 8.36. The van der Waals surface area contributed by atoms with Crippen molar-refractivity contribution < 1.29 is 14.2 Å². The summed E-state index contributed by atoms with van der Waals surface area (Å²) in [5.41, 5.74) is 0.963. The SMILES string of the molecule is CN1[C@@H]2CCC[C@H]1[C@H](F)[C@H](Oc1ccc(-c3ccc(-c4ncn(C)c(=O)n4)cc3O)nn1)C2. The van der Waals surface area contributed by atoms with Crippen LogP contribution in [0.15, 0.2) is 41.5 Å². The molecule has 4 heterocycles. The van der Waals surface area contributed by atoms with Gasteiger partial charge in [0.2, 0.25) is 5.88 Å². The number of piperidine rings is 2. The maximum atomic E-state index is 15.0. The highest BCUT2D eigenvalue weighted by atomic mass is 19.1. The van der Waals surface area contributed by atoms with Crippen molar-refractivity contribution in [3.05, 3.63) is 47.1 Å². The summed E-state index contributed by atoms with van der Waals surface area (Å²) in [7, 11) is 3.55. The normalized spacial score (nSPS) is 25.1. The Morgan fingerprint density at radius 3 is 2.73 bits per heavy atom. The first kappa shape index (κ1) is 21.4. The van der Waals surface area contributed by atoms with E-state index < -0.39 is 18.0 Å². The van der Waals surface area contributed by atoms with Crippen molar-refractivity contribution in [2.45, 2.75) is 50.0 Å². The molecule has 2 aliphatic heterocycles. The van der Waals surface area contributed by atoms with Gasteiger partial charge in [-0.3, -0.25) is 9.47 Å². The average Bonchev–Trinajstić information content (AvgIpc) is 2.80. The van der Waals surface area contributed by atoms with Gasteiger partial charge in [0.25, 0.3) is 0 Å². The van der Waals surface area contributed by atoms with E-state index in [1.165, 1.54) is 17.0 Å². The van der Waals surface area contributed by atoms with E-state index in [9.17, 15) is 14.3 Å². The predicted molar refractivity (Wildman–Crippen MR) is 119 cm³/mol. The highest BCUT2D eigenvalue weighted by molar-refractivity contribution is 5.71. The van der Waals surface area contributed by atoms with Crippen molar-refractivity contribution in [3.63, 3.8) is 0 Å². The number of phenols is 1. The number of aromatic hydroxyl groups is 1. The van der Waals surface area contributed by atoms with Crippen LogP contribution in [0.2, 0.25) is 0 Å². The third-order valence-corrected chi connectivity index (χ3v) is 6.66. The molecule has 0 radical (unpaired) electrons. The van der Waals surface area contributed by atoms with Crippen LogP contribution in [0.4, 0.5) is 4.39 Å². The van der Waals surface area contributed by atoms with Crippen LogP contribution in [-0.4, -0.2) is 66.1 Å². The molecule has 0 spiro atoms. The minimum atomic E-state index is -1.07. The van der Waals surface area contributed by atoms with Gasteiger partial charge < -0.3 is 9.84 Å². The Kier molecular flexibility index (Phi) is 5.53. The Morgan fingerprint density at radius 2 is 2.00 bits per heavy atom. The second kappa shape index (κ2) is 8.51. The van der Waals surface area contributed by atoms with E-state index >= 15 is 0 Å². The van der Waals surface area contributed by atoms with Gasteiger partial charge in [-0.15, -0.1) is 10.2 Å². The van der Waals surface area contributed by atoms with Crippen molar-refractivity contribution in [3.8, 4) is 34.3 Å². The zero-order valence-electron chi connectivity index (χ0n) is 18.4. The van der Waals surface area contributed by atoms with Gasteiger partial charge in [-0.05, 0) is 38.1 Å². The smallest absolute Gasteiger partial charge is 0.350 e. The maximum Gasteiger partial charge on any atom is 0.350 e. The lowest BCUT2D eigenvalue weighted by atomic mass is 9.82. The molecule has 4 atom stereocenters. The van der Waals surface area contributed by atoms with E-state index in [1.54, 1.807) is 31.3 Å². The molecular formula is C23H25FN6O3. The largest absolute Gasteiger partial charge is 0.507 e. The fourth-order valence-corrected chi connectivity index (χ4v) is 4.76. The minimum Gasteiger partial charge on any atom is -0.507 e. The zero-order chi connectivity index (χ0) is 23.1. The van der Waals surface area contributed by atoms with Crippen LogP contribution in [0.1, 0.15) is 25.7 Å². The molecule has 5 rings (SSSR count). The highest BCUT2D eigenvalue weighted by Crippen LogP contribution is 2.36. The van der Waals surface area contributed by atoms with E-state index in [4.69, 9.17) is 4.74 Å². The molecule has 0 amide bonds. The number of rotatable bonds is 4. The first-order valence-corrected chi connectivity index (χ1v) is 11.0. The van der Waals surface area contributed by atoms with E-state index in [0.717, 1.165) is 19.3 Å². The third kappa shape index (κ3) is 4.06. The number of fused-ring (bicyclic) bond motifs is 2. The van der Waals surface area contributed by atoms with Gasteiger partial charge in [0.15, 0.2) is 12.0 Å². The number of hydrogen-bond acceptors (Lipinski definition) is 8. The van der Waals surface area contributed by atoms with Crippen LogP contribution in [0.25, 0.3) is 22.6 Å². The van der Waals surface area contributed by atoms with Crippen molar-refractivity contribution in [1.82, 2.24) is 29.6 Å². The molecule has 33 heavy (non-hydrogen) atoms. The van der Waals surface area contributed by atoms with Gasteiger partial charge in [0, 0.05) is 42.7 Å². The molecule has 2 fully saturated rings. The molecule has 172 valence electrons.